The van der Waals surface area contributed by atoms with Crippen LogP contribution in [-0.2, 0) is 4.79 Å². The Bertz CT molecular complexity index is 283. The van der Waals surface area contributed by atoms with Crippen LogP contribution in [-0.4, -0.2) is 41.8 Å². The summed E-state index contributed by atoms with van der Waals surface area (Å²) in [4.78, 5) is 12.2. The summed E-state index contributed by atoms with van der Waals surface area (Å²) in [6.45, 7) is 1.64. The minimum absolute atomic E-state index is 0.0628. The second kappa shape index (κ2) is 5.20. The van der Waals surface area contributed by atoms with Crippen LogP contribution in [0, 0.1) is 0 Å². The molecule has 2 atom stereocenters. The van der Waals surface area contributed by atoms with E-state index in [-0.39, 0.29) is 6.54 Å². The monoisotopic (exact) mass is 256 g/mol. The Morgan fingerprint density at radius 1 is 1.41 bits per heavy atom. The minimum atomic E-state index is -4.62. The molecule has 7 heteroatoms. The number of carbonyl (C=O) groups is 1. The van der Waals surface area contributed by atoms with Crippen LogP contribution < -0.4 is 5.73 Å². The number of halogens is 4. The Kier molecular flexibility index (Phi) is 4.35. The molecular weight excluding hydrogens is 240 g/mol. The van der Waals surface area contributed by atoms with Crippen LogP contribution >= 0.6 is 0 Å². The number of nitrogens with zero attached hydrogens (tertiary/aromatic N) is 1. The van der Waals surface area contributed by atoms with Gasteiger partial charge in [0.1, 0.15) is 0 Å². The van der Waals surface area contributed by atoms with Gasteiger partial charge < -0.3 is 10.6 Å². The van der Waals surface area contributed by atoms with E-state index in [1.807, 2.05) is 0 Å². The molecule has 1 amide bonds. The van der Waals surface area contributed by atoms with Crippen LogP contribution in [0.15, 0.2) is 0 Å². The Hall–Kier alpha value is -0.850. The van der Waals surface area contributed by atoms with Gasteiger partial charge in [0, 0.05) is 18.6 Å². The fourth-order valence-corrected chi connectivity index (χ4v) is 2.04. The molecule has 1 aliphatic rings. The maximum atomic E-state index is 13.0. The number of hydrogen-bond donors (Lipinski definition) is 1. The molecule has 0 aromatic rings. The number of rotatable bonds is 3. The lowest BCUT2D eigenvalue weighted by atomic mass is 9.96. The second-order valence-corrected chi connectivity index (χ2v) is 4.34. The average Bonchev–Trinajstić information content (AvgIpc) is 2.27. The summed E-state index contributed by atoms with van der Waals surface area (Å²) in [6.07, 6.45) is -2.21. The lowest BCUT2D eigenvalue weighted by molar-refractivity contribution is -0.184. The van der Waals surface area contributed by atoms with Crippen molar-refractivity contribution in [1.29, 1.82) is 0 Å². The first-order chi connectivity index (χ1) is 7.78. The van der Waals surface area contributed by atoms with E-state index in [0.29, 0.717) is 12.8 Å². The number of amides is 1. The molecule has 1 rings (SSSR count). The molecule has 1 heterocycles. The zero-order valence-corrected chi connectivity index (χ0v) is 9.51. The molecule has 0 aromatic carbocycles. The van der Waals surface area contributed by atoms with Gasteiger partial charge in [-0.05, 0) is 26.2 Å². The molecule has 3 nitrogen and oxygen atoms in total. The Morgan fingerprint density at radius 3 is 2.47 bits per heavy atom. The molecule has 0 radical (unpaired) electrons. The molecule has 2 unspecified atom stereocenters. The Balaban J connectivity index is 2.85. The maximum absolute atomic E-state index is 13.0. The highest BCUT2D eigenvalue weighted by molar-refractivity contribution is 5.84. The van der Waals surface area contributed by atoms with Gasteiger partial charge in [-0.1, -0.05) is 0 Å². The van der Waals surface area contributed by atoms with Crippen LogP contribution in [0.2, 0.25) is 0 Å². The molecule has 1 aliphatic heterocycles. The van der Waals surface area contributed by atoms with E-state index in [2.05, 4.69) is 0 Å². The number of nitrogens with two attached hydrogens (primary N) is 1. The zero-order valence-electron chi connectivity index (χ0n) is 9.51. The molecule has 2 N–H and O–H groups in total. The van der Waals surface area contributed by atoms with E-state index >= 15 is 0 Å². The summed E-state index contributed by atoms with van der Waals surface area (Å²) in [7, 11) is 0. The van der Waals surface area contributed by atoms with E-state index in [4.69, 9.17) is 5.73 Å². The summed E-state index contributed by atoms with van der Waals surface area (Å²) < 4.78 is 50.2. The van der Waals surface area contributed by atoms with Crippen LogP contribution in [0.4, 0.5) is 17.6 Å². The van der Waals surface area contributed by atoms with Crippen molar-refractivity contribution in [3.05, 3.63) is 0 Å². The highest BCUT2D eigenvalue weighted by Gasteiger charge is 2.52. The van der Waals surface area contributed by atoms with E-state index in [9.17, 15) is 22.4 Å². The van der Waals surface area contributed by atoms with Gasteiger partial charge in [-0.2, -0.15) is 8.78 Å². The highest BCUT2D eigenvalue weighted by Crippen LogP contribution is 2.29. The topological polar surface area (TPSA) is 46.3 Å². The number of alkyl halides is 4. The van der Waals surface area contributed by atoms with Crippen molar-refractivity contribution in [1.82, 2.24) is 4.90 Å². The molecule has 0 saturated carbocycles. The van der Waals surface area contributed by atoms with Crippen LogP contribution in [0.1, 0.15) is 26.2 Å². The van der Waals surface area contributed by atoms with E-state index < -0.39 is 30.3 Å². The first-order valence-corrected chi connectivity index (χ1v) is 5.51. The standard InChI is InChI=1S/C10H16F4N2O/c1-6(15)7-4-2-3-5-16(7)9(17)10(13,14)8(11)12/h6-8H,2-5,15H2,1H3. The molecule has 1 saturated heterocycles. The maximum Gasteiger partial charge on any atom is 0.383 e. The van der Waals surface area contributed by atoms with Gasteiger partial charge in [0.2, 0.25) is 0 Å². The van der Waals surface area contributed by atoms with E-state index in [1.165, 1.54) is 0 Å². The molecule has 0 aliphatic carbocycles. The molecule has 1 fully saturated rings. The fraction of sp³-hybridized carbons (Fsp3) is 0.900. The third-order valence-corrected chi connectivity index (χ3v) is 2.98. The predicted octanol–water partition coefficient (Wildman–Crippen LogP) is 1.62. The molecule has 100 valence electrons. The third kappa shape index (κ3) is 2.88. The van der Waals surface area contributed by atoms with Crippen molar-refractivity contribution in [2.24, 2.45) is 5.73 Å². The molecule has 0 bridgehead atoms. The number of likely N-dealkylation sites (tertiary alicyclic amines) is 1. The third-order valence-electron chi connectivity index (χ3n) is 2.98. The fourth-order valence-electron chi connectivity index (χ4n) is 2.04. The first-order valence-electron chi connectivity index (χ1n) is 5.51. The number of piperidine rings is 1. The molecular formula is C10H16F4N2O. The summed E-state index contributed by atoms with van der Waals surface area (Å²) in [6, 6.07) is -1.09. The summed E-state index contributed by atoms with van der Waals surface area (Å²) in [5, 5.41) is 0. The normalized spacial score (nSPS) is 23.9. The molecule has 0 aromatic heterocycles. The average molecular weight is 256 g/mol. The largest absolute Gasteiger partial charge is 0.383 e. The first kappa shape index (κ1) is 14.2. The predicted molar refractivity (Wildman–Crippen MR) is 54.0 cm³/mol. The molecule has 17 heavy (non-hydrogen) atoms. The van der Waals surface area contributed by atoms with Crippen LogP contribution in [0.5, 0.6) is 0 Å². The highest BCUT2D eigenvalue weighted by atomic mass is 19.3. The van der Waals surface area contributed by atoms with Gasteiger partial charge in [0.25, 0.3) is 5.91 Å². The van der Waals surface area contributed by atoms with Gasteiger partial charge in [-0.15, -0.1) is 0 Å². The van der Waals surface area contributed by atoms with Crippen molar-refractivity contribution in [2.75, 3.05) is 6.54 Å². The van der Waals surface area contributed by atoms with Crippen LogP contribution in [0.3, 0.4) is 0 Å². The van der Waals surface area contributed by atoms with Gasteiger partial charge in [0.05, 0.1) is 0 Å². The molecule has 0 spiro atoms. The van der Waals surface area contributed by atoms with E-state index in [1.54, 1.807) is 6.92 Å². The SMILES string of the molecule is CC(N)C1CCCCN1C(=O)C(F)(F)C(F)F. The van der Waals surface area contributed by atoms with Gasteiger partial charge >= 0.3 is 12.3 Å². The van der Waals surface area contributed by atoms with Crippen LogP contribution in [0.25, 0.3) is 0 Å². The minimum Gasteiger partial charge on any atom is -0.333 e. The summed E-state index contributed by atoms with van der Waals surface area (Å²) >= 11 is 0. The Morgan fingerprint density at radius 2 is 2.00 bits per heavy atom. The van der Waals surface area contributed by atoms with Crippen molar-refractivity contribution in [3.8, 4) is 0 Å². The lowest BCUT2D eigenvalue weighted by Crippen LogP contribution is -2.57. The quantitative estimate of drug-likeness (QED) is 0.780. The zero-order chi connectivity index (χ0) is 13.2. The van der Waals surface area contributed by atoms with Crippen molar-refractivity contribution in [3.63, 3.8) is 0 Å². The summed E-state index contributed by atoms with van der Waals surface area (Å²) in [5.74, 6) is -6.43. The second-order valence-electron chi connectivity index (χ2n) is 4.34. The van der Waals surface area contributed by atoms with Crippen molar-refractivity contribution < 1.29 is 22.4 Å². The number of hydrogen-bond acceptors (Lipinski definition) is 2. The van der Waals surface area contributed by atoms with Gasteiger partial charge in [-0.25, -0.2) is 8.78 Å². The van der Waals surface area contributed by atoms with Gasteiger partial charge in [0.15, 0.2) is 0 Å². The van der Waals surface area contributed by atoms with Gasteiger partial charge in [-0.3, -0.25) is 4.79 Å². The summed E-state index contributed by atoms with van der Waals surface area (Å²) in [5.41, 5.74) is 5.59. The smallest absolute Gasteiger partial charge is 0.333 e. The van der Waals surface area contributed by atoms with Crippen molar-refractivity contribution >= 4 is 5.91 Å². The Labute approximate surface area is 96.9 Å². The van der Waals surface area contributed by atoms with E-state index in [0.717, 1.165) is 11.3 Å². The van der Waals surface area contributed by atoms with Crippen molar-refractivity contribution in [2.45, 2.75) is 50.6 Å². The number of carbonyl (C=O) groups excluding carboxylic acids is 1. The lowest BCUT2D eigenvalue weighted by Gasteiger charge is -2.39.